The van der Waals surface area contributed by atoms with Gasteiger partial charge in [0.15, 0.2) is 17.4 Å². The molecule has 0 fully saturated rings. The molecule has 0 atom stereocenters. The van der Waals surface area contributed by atoms with Gasteiger partial charge in [-0.2, -0.15) is 14.9 Å². The summed E-state index contributed by atoms with van der Waals surface area (Å²) in [4.78, 5) is 12.2. The maximum absolute atomic E-state index is 8.93. The van der Waals surface area contributed by atoms with Crippen LogP contribution in [-0.2, 0) is 0 Å². The Morgan fingerprint density at radius 1 is 1.17 bits per heavy atom. The van der Waals surface area contributed by atoms with Gasteiger partial charge in [-0.25, -0.2) is 9.83 Å². The predicted octanol–water partition coefficient (Wildman–Crippen LogP) is 4.33. The highest BCUT2D eigenvalue weighted by Gasteiger charge is 2.14. The summed E-state index contributed by atoms with van der Waals surface area (Å²) in [6.07, 6.45) is 4.83. The van der Waals surface area contributed by atoms with Gasteiger partial charge in [0.25, 0.3) is 0 Å². The molecule has 0 aliphatic heterocycles. The number of hydrogen-bond acceptors (Lipinski definition) is 6. The summed E-state index contributed by atoms with van der Waals surface area (Å²) in [6.45, 7) is 10.9. The quantitative estimate of drug-likeness (QED) is 0.519. The smallest absolute Gasteiger partial charge is 0.229 e. The van der Waals surface area contributed by atoms with Gasteiger partial charge in [-0.05, 0) is 54.8 Å². The van der Waals surface area contributed by atoms with Crippen molar-refractivity contribution in [3.05, 3.63) is 82.5 Å². The van der Waals surface area contributed by atoms with Crippen molar-refractivity contribution >= 4 is 28.9 Å². The third-order valence-corrected chi connectivity index (χ3v) is 4.53. The van der Waals surface area contributed by atoms with Crippen LogP contribution in [0.15, 0.2) is 48.8 Å². The molecule has 0 aliphatic carbocycles. The molecule has 0 aliphatic rings. The number of rotatable bonds is 4. The Labute approximate surface area is 173 Å². The minimum Gasteiger partial charge on any atom is -0.324 e. The van der Waals surface area contributed by atoms with Gasteiger partial charge in [0, 0.05) is 5.69 Å². The molecule has 0 saturated heterocycles. The second-order valence-corrected chi connectivity index (χ2v) is 6.67. The van der Waals surface area contributed by atoms with Crippen molar-refractivity contribution in [2.24, 2.45) is 0 Å². The number of hydrogen-bond donors (Lipinski definition) is 1. The SMILES string of the molecule is [C-]#[N+]C=Cc1cc(C)c(-n2nnc3cnc(Nc4ccc(C#N)cc4)nc32)c(C)c1. The van der Waals surface area contributed by atoms with Crippen molar-refractivity contribution in [3.8, 4) is 11.8 Å². The van der Waals surface area contributed by atoms with Crippen molar-refractivity contribution < 1.29 is 0 Å². The molecule has 0 saturated carbocycles. The van der Waals surface area contributed by atoms with Crippen LogP contribution in [0.5, 0.6) is 0 Å². The van der Waals surface area contributed by atoms with Crippen molar-refractivity contribution in [1.82, 2.24) is 25.0 Å². The number of nitrogens with zero attached hydrogens (tertiary/aromatic N) is 7. The van der Waals surface area contributed by atoms with Crippen LogP contribution in [0.25, 0.3) is 27.8 Å². The third-order valence-electron chi connectivity index (χ3n) is 4.53. The number of benzene rings is 2. The van der Waals surface area contributed by atoms with Gasteiger partial charge in [-0.3, -0.25) is 0 Å². The van der Waals surface area contributed by atoms with Crippen molar-refractivity contribution in [3.63, 3.8) is 0 Å². The van der Waals surface area contributed by atoms with Gasteiger partial charge in [-0.15, -0.1) is 5.10 Å². The van der Waals surface area contributed by atoms with E-state index in [1.165, 1.54) is 6.20 Å². The first-order chi connectivity index (χ1) is 14.6. The summed E-state index contributed by atoms with van der Waals surface area (Å²) < 4.78 is 1.70. The van der Waals surface area contributed by atoms with E-state index in [4.69, 9.17) is 11.8 Å². The summed E-state index contributed by atoms with van der Waals surface area (Å²) in [6, 6.07) is 13.1. The van der Waals surface area contributed by atoms with Gasteiger partial charge in [0.2, 0.25) is 5.95 Å². The van der Waals surface area contributed by atoms with E-state index in [1.807, 2.05) is 26.0 Å². The molecule has 0 bridgehead atoms. The maximum Gasteiger partial charge on any atom is 0.229 e. The largest absolute Gasteiger partial charge is 0.324 e. The second kappa shape index (κ2) is 7.82. The molecule has 144 valence electrons. The van der Waals surface area contributed by atoms with Gasteiger partial charge in [0.1, 0.15) is 0 Å². The summed E-state index contributed by atoms with van der Waals surface area (Å²) >= 11 is 0. The van der Waals surface area contributed by atoms with Gasteiger partial charge >= 0.3 is 0 Å². The van der Waals surface area contributed by atoms with E-state index in [1.54, 1.807) is 41.2 Å². The highest BCUT2D eigenvalue weighted by molar-refractivity contribution is 5.74. The number of fused-ring (bicyclic) bond motifs is 1. The lowest BCUT2D eigenvalue weighted by Gasteiger charge is -2.12. The zero-order valence-electron chi connectivity index (χ0n) is 16.3. The Morgan fingerprint density at radius 3 is 2.57 bits per heavy atom. The summed E-state index contributed by atoms with van der Waals surface area (Å²) in [5, 5.41) is 20.5. The van der Waals surface area contributed by atoms with Crippen LogP contribution in [-0.4, -0.2) is 25.0 Å². The molecule has 2 heterocycles. The molecular weight excluding hydrogens is 376 g/mol. The average molecular weight is 392 g/mol. The summed E-state index contributed by atoms with van der Waals surface area (Å²) in [7, 11) is 0. The zero-order chi connectivity index (χ0) is 21.1. The first-order valence-corrected chi connectivity index (χ1v) is 9.09. The van der Waals surface area contributed by atoms with Crippen LogP contribution >= 0.6 is 0 Å². The number of nitriles is 1. The molecule has 0 spiro atoms. The minimum atomic E-state index is 0.405. The molecule has 1 N–H and O–H groups in total. The average Bonchev–Trinajstić information content (AvgIpc) is 3.15. The first-order valence-electron chi connectivity index (χ1n) is 9.09. The summed E-state index contributed by atoms with van der Waals surface area (Å²) in [5.41, 5.74) is 6.34. The van der Waals surface area contributed by atoms with Crippen LogP contribution in [0.4, 0.5) is 11.6 Å². The van der Waals surface area contributed by atoms with E-state index in [2.05, 4.69) is 36.5 Å². The molecule has 30 heavy (non-hydrogen) atoms. The number of aryl methyl sites for hydroxylation is 2. The standard InChI is InChI=1S/C22H16N8/c1-14-10-17(8-9-24-3)11-15(2)20(14)30-21-19(28-29-30)13-25-22(27-21)26-18-6-4-16(12-23)5-7-18/h4-11,13H,1-2H3,(H,25,26,27). The molecule has 4 aromatic rings. The van der Waals surface area contributed by atoms with Crippen molar-refractivity contribution in [2.75, 3.05) is 5.32 Å². The lowest BCUT2D eigenvalue weighted by molar-refractivity contribution is 0.807. The Bertz CT molecular complexity index is 1330. The van der Waals surface area contributed by atoms with Crippen LogP contribution < -0.4 is 5.32 Å². The maximum atomic E-state index is 8.93. The first kappa shape index (κ1) is 18.8. The van der Waals surface area contributed by atoms with E-state index < -0.39 is 0 Å². The van der Waals surface area contributed by atoms with Gasteiger partial charge in [-0.1, -0.05) is 23.4 Å². The number of nitrogens with one attached hydrogen (secondary N) is 1. The monoisotopic (exact) mass is 392 g/mol. The van der Waals surface area contributed by atoms with Gasteiger partial charge in [0.05, 0.1) is 30.1 Å². The Morgan fingerprint density at radius 2 is 1.90 bits per heavy atom. The topological polar surface area (TPSA) is 96.7 Å². The normalized spacial score (nSPS) is 10.8. The van der Waals surface area contributed by atoms with E-state index in [0.29, 0.717) is 22.7 Å². The van der Waals surface area contributed by atoms with Crippen molar-refractivity contribution in [2.45, 2.75) is 13.8 Å². The van der Waals surface area contributed by atoms with Crippen molar-refractivity contribution in [1.29, 1.82) is 5.26 Å². The predicted molar refractivity (Wildman–Crippen MR) is 114 cm³/mol. The van der Waals surface area contributed by atoms with E-state index in [-0.39, 0.29) is 0 Å². The minimum absolute atomic E-state index is 0.405. The molecule has 0 unspecified atom stereocenters. The fraction of sp³-hybridized carbons (Fsp3) is 0.0909. The van der Waals surface area contributed by atoms with E-state index in [0.717, 1.165) is 28.1 Å². The number of anilines is 2. The lowest BCUT2D eigenvalue weighted by atomic mass is 10.0. The molecule has 4 rings (SSSR count). The second-order valence-electron chi connectivity index (χ2n) is 6.67. The highest BCUT2D eigenvalue weighted by atomic mass is 15.4. The van der Waals surface area contributed by atoms with Crippen LogP contribution in [0.1, 0.15) is 22.3 Å². The zero-order valence-corrected chi connectivity index (χ0v) is 16.3. The fourth-order valence-electron chi connectivity index (χ4n) is 3.24. The lowest BCUT2D eigenvalue weighted by Crippen LogP contribution is -2.05. The van der Waals surface area contributed by atoms with E-state index >= 15 is 0 Å². The molecular formula is C22H16N8. The Balaban J connectivity index is 1.74. The van der Waals surface area contributed by atoms with Crippen LogP contribution in [0.3, 0.4) is 0 Å². The molecule has 0 radical (unpaired) electrons. The Kier molecular flexibility index (Phi) is 4.90. The molecule has 2 aromatic carbocycles. The molecule has 8 heteroatoms. The number of aromatic nitrogens is 5. The highest BCUT2D eigenvalue weighted by Crippen LogP contribution is 2.25. The van der Waals surface area contributed by atoms with Gasteiger partial charge < -0.3 is 5.32 Å². The van der Waals surface area contributed by atoms with E-state index in [9.17, 15) is 0 Å². The third kappa shape index (κ3) is 3.58. The van der Waals surface area contributed by atoms with Crippen LogP contribution in [0, 0.1) is 31.8 Å². The molecule has 8 nitrogen and oxygen atoms in total. The van der Waals surface area contributed by atoms with Crippen LogP contribution in [0.2, 0.25) is 0 Å². The fourth-order valence-corrected chi connectivity index (χ4v) is 3.24. The molecule has 0 amide bonds. The molecule has 2 aromatic heterocycles. The summed E-state index contributed by atoms with van der Waals surface area (Å²) in [5.74, 6) is 0.405. The Hall–Kier alpha value is -4.56.